The molecule has 0 aliphatic carbocycles. The van der Waals surface area contributed by atoms with Gasteiger partial charge in [-0.25, -0.2) is 8.78 Å². The van der Waals surface area contributed by atoms with Crippen molar-refractivity contribution in [2.75, 3.05) is 0 Å². The summed E-state index contributed by atoms with van der Waals surface area (Å²) in [5.41, 5.74) is 0. The third-order valence-electron chi connectivity index (χ3n) is 0.335. The lowest BCUT2D eigenvalue weighted by atomic mass is 10.5. The van der Waals surface area contributed by atoms with Crippen LogP contribution in [0.5, 0.6) is 0 Å². The predicted molar refractivity (Wildman–Crippen MR) is 20.3 cm³/mol. The number of hydrogen-bond acceptors (Lipinski definition) is 1. The van der Waals surface area contributed by atoms with Crippen molar-refractivity contribution in [2.24, 2.45) is 0 Å². The highest BCUT2D eigenvalue weighted by molar-refractivity contribution is 4.89. The summed E-state index contributed by atoms with van der Waals surface area (Å²) in [4.78, 5) is 0. The van der Waals surface area contributed by atoms with Crippen molar-refractivity contribution in [2.45, 2.75) is 12.8 Å². The standard InChI is InChI=1S/C4H4F2O/c5-4(6)2-1-3-7/h4,7H,2H2. The average molecular weight is 106 g/mol. The molecule has 1 nitrogen and oxygen atoms in total. The summed E-state index contributed by atoms with van der Waals surface area (Å²) >= 11 is 0. The second-order valence-electron chi connectivity index (χ2n) is 0.884. The smallest absolute Gasteiger partial charge is 0.249 e. The summed E-state index contributed by atoms with van der Waals surface area (Å²) in [6.45, 7) is 0. The molecule has 0 spiro atoms. The van der Waals surface area contributed by atoms with E-state index in [0.29, 0.717) is 0 Å². The van der Waals surface area contributed by atoms with Gasteiger partial charge in [-0.15, -0.1) is 0 Å². The topological polar surface area (TPSA) is 20.2 Å². The van der Waals surface area contributed by atoms with Gasteiger partial charge in [-0.3, -0.25) is 0 Å². The van der Waals surface area contributed by atoms with Crippen LogP contribution < -0.4 is 0 Å². The van der Waals surface area contributed by atoms with Gasteiger partial charge in [-0.1, -0.05) is 5.92 Å². The molecule has 0 heterocycles. The van der Waals surface area contributed by atoms with Gasteiger partial charge >= 0.3 is 0 Å². The lowest BCUT2D eigenvalue weighted by Gasteiger charge is -1.82. The molecule has 0 amide bonds. The molecule has 7 heavy (non-hydrogen) atoms. The van der Waals surface area contributed by atoms with Gasteiger partial charge in [0.25, 0.3) is 0 Å². The van der Waals surface area contributed by atoms with Crippen molar-refractivity contribution in [3.8, 4) is 12.0 Å². The lowest BCUT2D eigenvalue weighted by molar-refractivity contribution is 0.154. The Morgan fingerprint density at radius 2 is 2.14 bits per heavy atom. The van der Waals surface area contributed by atoms with E-state index in [1.54, 1.807) is 5.92 Å². The Labute approximate surface area is 40.0 Å². The molecule has 0 aromatic rings. The first-order valence-corrected chi connectivity index (χ1v) is 1.67. The largest absolute Gasteiger partial charge is 0.462 e. The number of halogens is 2. The zero-order valence-corrected chi connectivity index (χ0v) is 3.49. The molecule has 0 unspecified atom stereocenters. The van der Waals surface area contributed by atoms with E-state index in [2.05, 4.69) is 0 Å². The second-order valence-corrected chi connectivity index (χ2v) is 0.884. The van der Waals surface area contributed by atoms with Gasteiger partial charge in [0.1, 0.15) is 6.11 Å². The van der Waals surface area contributed by atoms with Crippen LogP contribution >= 0.6 is 0 Å². The van der Waals surface area contributed by atoms with Gasteiger partial charge in [0.05, 0.1) is 6.42 Å². The van der Waals surface area contributed by atoms with Gasteiger partial charge in [0.15, 0.2) is 0 Å². The zero-order valence-electron chi connectivity index (χ0n) is 3.49. The number of aliphatic hydroxyl groups excluding tert-OH is 1. The molecule has 0 aromatic heterocycles. The van der Waals surface area contributed by atoms with Gasteiger partial charge < -0.3 is 5.11 Å². The van der Waals surface area contributed by atoms with Gasteiger partial charge in [0, 0.05) is 0 Å². The van der Waals surface area contributed by atoms with E-state index in [-0.39, 0.29) is 0 Å². The fraction of sp³-hybridized carbons (Fsp3) is 0.500. The molecule has 0 rings (SSSR count). The van der Waals surface area contributed by atoms with Crippen molar-refractivity contribution in [1.82, 2.24) is 0 Å². The maximum absolute atomic E-state index is 11.0. The van der Waals surface area contributed by atoms with Crippen molar-refractivity contribution in [1.29, 1.82) is 0 Å². The fourth-order valence-corrected chi connectivity index (χ4v) is 0.123. The molecule has 1 N–H and O–H groups in total. The molecular formula is C4H4F2O. The maximum Gasteiger partial charge on any atom is 0.249 e. The molecule has 40 valence electrons. The Balaban J connectivity index is 3.08. The molecule has 0 aliphatic heterocycles. The average Bonchev–Trinajstić information content (AvgIpc) is 1.61. The quantitative estimate of drug-likeness (QED) is 0.494. The summed E-state index contributed by atoms with van der Waals surface area (Å²) in [7, 11) is 0. The predicted octanol–water partition coefficient (Wildman–Crippen LogP) is 0.975. The van der Waals surface area contributed by atoms with Crippen molar-refractivity contribution in [3.63, 3.8) is 0 Å². The summed E-state index contributed by atoms with van der Waals surface area (Å²) in [5, 5.41) is 7.62. The van der Waals surface area contributed by atoms with Gasteiger partial charge in [-0.2, -0.15) is 0 Å². The molecule has 0 fully saturated rings. The molecule has 0 bridgehead atoms. The highest BCUT2D eigenvalue weighted by atomic mass is 19.3. The highest BCUT2D eigenvalue weighted by Crippen LogP contribution is 1.94. The summed E-state index contributed by atoms with van der Waals surface area (Å²) < 4.78 is 22.0. The van der Waals surface area contributed by atoms with E-state index in [1.165, 1.54) is 6.11 Å². The van der Waals surface area contributed by atoms with E-state index >= 15 is 0 Å². The van der Waals surface area contributed by atoms with Crippen LogP contribution in [0.1, 0.15) is 6.42 Å². The minimum absolute atomic E-state index is 0.545. The van der Waals surface area contributed by atoms with Crippen LogP contribution in [-0.2, 0) is 0 Å². The molecule has 0 saturated carbocycles. The SMILES string of the molecule is OC#CCC(F)F. The van der Waals surface area contributed by atoms with Crippen LogP contribution in [0, 0.1) is 12.0 Å². The van der Waals surface area contributed by atoms with Crippen LogP contribution in [0.2, 0.25) is 0 Å². The van der Waals surface area contributed by atoms with E-state index in [4.69, 9.17) is 5.11 Å². The third-order valence-corrected chi connectivity index (χ3v) is 0.335. The number of alkyl halides is 2. The third kappa shape index (κ3) is 5.22. The van der Waals surface area contributed by atoms with Crippen molar-refractivity contribution < 1.29 is 13.9 Å². The number of hydrogen-bond donors (Lipinski definition) is 1. The lowest BCUT2D eigenvalue weighted by Crippen LogP contribution is -1.84. The highest BCUT2D eigenvalue weighted by Gasteiger charge is 1.95. The molecule has 3 heteroatoms. The first-order chi connectivity index (χ1) is 3.27. The molecule has 0 aromatic carbocycles. The minimum Gasteiger partial charge on any atom is -0.462 e. The monoisotopic (exact) mass is 106 g/mol. The summed E-state index contributed by atoms with van der Waals surface area (Å²) in [5.74, 6) is 1.80. The molecule has 0 radical (unpaired) electrons. The van der Waals surface area contributed by atoms with E-state index in [9.17, 15) is 8.78 Å². The Hall–Kier alpha value is -0.780. The van der Waals surface area contributed by atoms with Gasteiger partial charge in [0.2, 0.25) is 6.43 Å². The normalized spacial score (nSPS) is 7.86. The Kier molecular flexibility index (Phi) is 3.03. The summed E-state index contributed by atoms with van der Waals surface area (Å²) in [6.07, 6.45) is -1.61. The van der Waals surface area contributed by atoms with Crippen LogP contribution in [0.15, 0.2) is 0 Å². The van der Waals surface area contributed by atoms with Crippen LogP contribution in [0.25, 0.3) is 0 Å². The van der Waals surface area contributed by atoms with Crippen molar-refractivity contribution >= 4 is 0 Å². The second kappa shape index (κ2) is 3.41. The fourth-order valence-electron chi connectivity index (χ4n) is 0.123. The Morgan fingerprint density at radius 3 is 2.29 bits per heavy atom. The van der Waals surface area contributed by atoms with Crippen LogP contribution in [-0.4, -0.2) is 11.5 Å². The minimum atomic E-state index is -2.43. The van der Waals surface area contributed by atoms with Crippen LogP contribution in [0.4, 0.5) is 8.78 Å². The molecular weight excluding hydrogens is 102 g/mol. The maximum atomic E-state index is 11.0. The molecule has 0 atom stereocenters. The van der Waals surface area contributed by atoms with E-state index < -0.39 is 12.8 Å². The molecule has 0 saturated heterocycles. The van der Waals surface area contributed by atoms with E-state index in [1.807, 2.05) is 0 Å². The zero-order chi connectivity index (χ0) is 5.70. The summed E-state index contributed by atoms with van der Waals surface area (Å²) in [6, 6.07) is 0. The van der Waals surface area contributed by atoms with E-state index in [0.717, 1.165) is 0 Å². The van der Waals surface area contributed by atoms with Gasteiger partial charge in [-0.05, 0) is 0 Å². The first-order valence-electron chi connectivity index (χ1n) is 1.67. The Bertz CT molecular complexity index is 89.6. The van der Waals surface area contributed by atoms with Crippen LogP contribution in [0.3, 0.4) is 0 Å². The number of aliphatic hydroxyl groups is 1. The molecule has 0 aliphatic rings. The Morgan fingerprint density at radius 1 is 1.57 bits per heavy atom. The first kappa shape index (κ1) is 6.22. The van der Waals surface area contributed by atoms with Crippen molar-refractivity contribution in [3.05, 3.63) is 0 Å². The number of rotatable bonds is 1.